The van der Waals surface area contributed by atoms with Gasteiger partial charge in [-0.3, -0.25) is 14.2 Å². The monoisotopic (exact) mass is 501 g/mol. The highest BCUT2D eigenvalue weighted by Crippen LogP contribution is 2.32. The van der Waals surface area contributed by atoms with E-state index in [0.29, 0.717) is 26.7 Å². The molecule has 35 heavy (non-hydrogen) atoms. The number of aromatic nitrogens is 2. The number of anilines is 1. The SMILES string of the molecule is COc1ccc(NC(=O)Cn2cnc3scc(-c4ccc(-c5ccccc5)cc4)c3c2=O)cc1Cl. The van der Waals surface area contributed by atoms with Gasteiger partial charge in [-0.15, -0.1) is 11.3 Å². The number of thiophene rings is 1. The smallest absolute Gasteiger partial charge is 0.263 e. The van der Waals surface area contributed by atoms with Crippen molar-refractivity contribution < 1.29 is 9.53 Å². The number of hydrogen-bond acceptors (Lipinski definition) is 5. The summed E-state index contributed by atoms with van der Waals surface area (Å²) in [6.07, 6.45) is 1.41. The highest BCUT2D eigenvalue weighted by atomic mass is 35.5. The minimum Gasteiger partial charge on any atom is -0.495 e. The van der Waals surface area contributed by atoms with Crippen LogP contribution >= 0.6 is 22.9 Å². The number of rotatable bonds is 6. The van der Waals surface area contributed by atoms with Gasteiger partial charge in [0, 0.05) is 16.6 Å². The molecule has 1 amide bonds. The van der Waals surface area contributed by atoms with Crippen molar-refractivity contribution in [2.45, 2.75) is 6.54 Å². The van der Waals surface area contributed by atoms with Crippen molar-refractivity contribution >= 4 is 44.7 Å². The van der Waals surface area contributed by atoms with Gasteiger partial charge in [0.25, 0.3) is 5.56 Å². The molecule has 3 aromatic carbocycles. The largest absolute Gasteiger partial charge is 0.495 e. The fourth-order valence-electron chi connectivity index (χ4n) is 3.86. The number of ether oxygens (including phenoxy) is 1. The fourth-order valence-corrected chi connectivity index (χ4v) is 5.03. The maximum absolute atomic E-state index is 13.3. The second kappa shape index (κ2) is 9.74. The Hall–Kier alpha value is -3.94. The van der Waals surface area contributed by atoms with Gasteiger partial charge >= 0.3 is 0 Å². The molecule has 0 saturated heterocycles. The van der Waals surface area contributed by atoms with E-state index in [-0.39, 0.29) is 18.0 Å². The Morgan fingerprint density at radius 2 is 1.74 bits per heavy atom. The quantitative estimate of drug-likeness (QED) is 0.305. The molecule has 2 aromatic heterocycles. The van der Waals surface area contributed by atoms with Gasteiger partial charge in [0.15, 0.2) is 0 Å². The molecule has 174 valence electrons. The molecule has 0 bridgehead atoms. The molecule has 5 rings (SSSR count). The Morgan fingerprint density at radius 1 is 1.03 bits per heavy atom. The fraction of sp³-hybridized carbons (Fsp3) is 0.0741. The average molecular weight is 502 g/mol. The topological polar surface area (TPSA) is 73.2 Å². The van der Waals surface area contributed by atoms with Gasteiger partial charge in [0.1, 0.15) is 17.1 Å². The number of halogens is 1. The van der Waals surface area contributed by atoms with E-state index < -0.39 is 0 Å². The second-order valence-corrected chi connectivity index (χ2v) is 9.11. The zero-order chi connectivity index (χ0) is 24.4. The molecule has 0 aliphatic carbocycles. The third-order valence-electron chi connectivity index (χ3n) is 5.61. The van der Waals surface area contributed by atoms with Crippen molar-refractivity contribution in [3.8, 4) is 28.0 Å². The molecule has 1 N–H and O–H groups in total. The van der Waals surface area contributed by atoms with E-state index in [0.717, 1.165) is 22.3 Å². The zero-order valence-electron chi connectivity index (χ0n) is 18.7. The Balaban J connectivity index is 1.41. The Labute approximate surface area is 210 Å². The van der Waals surface area contributed by atoms with Crippen LogP contribution in [-0.4, -0.2) is 22.6 Å². The van der Waals surface area contributed by atoms with E-state index in [1.54, 1.807) is 18.2 Å². The maximum atomic E-state index is 13.3. The summed E-state index contributed by atoms with van der Waals surface area (Å²) in [5.41, 5.74) is 4.20. The van der Waals surface area contributed by atoms with Gasteiger partial charge in [0.2, 0.25) is 5.91 Å². The van der Waals surface area contributed by atoms with Gasteiger partial charge in [0.05, 0.1) is 23.8 Å². The van der Waals surface area contributed by atoms with Crippen molar-refractivity contribution in [3.63, 3.8) is 0 Å². The summed E-state index contributed by atoms with van der Waals surface area (Å²) in [4.78, 5) is 31.0. The third kappa shape index (κ3) is 4.69. The summed E-state index contributed by atoms with van der Waals surface area (Å²) in [6.45, 7) is -0.173. The summed E-state index contributed by atoms with van der Waals surface area (Å²) in [5.74, 6) is 0.149. The number of amides is 1. The molecule has 2 heterocycles. The van der Waals surface area contributed by atoms with Crippen LogP contribution < -0.4 is 15.6 Å². The van der Waals surface area contributed by atoms with Gasteiger partial charge in [-0.2, -0.15) is 0 Å². The average Bonchev–Trinajstić information content (AvgIpc) is 3.31. The summed E-state index contributed by atoms with van der Waals surface area (Å²) < 4.78 is 6.45. The number of nitrogens with one attached hydrogen (secondary N) is 1. The van der Waals surface area contributed by atoms with Crippen LogP contribution in [0.25, 0.3) is 32.5 Å². The maximum Gasteiger partial charge on any atom is 0.263 e. The van der Waals surface area contributed by atoms with E-state index in [2.05, 4.69) is 22.4 Å². The molecular weight excluding hydrogens is 482 g/mol. The van der Waals surface area contributed by atoms with Crippen LogP contribution in [0, 0.1) is 0 Å². The number of methoxy groups -OCH3 is 1. The van der Waals surface area contributed by atoms with Gasteiger partial charge in [-0.1, -0.05) is 66.2 Å². The normalized spacial score (nSPS) is 10.9. The lowest BCUT2D eigenvalue weighted by Gasteiger charge is -2.09. The first-order valence-electron chi connectivity index (χ1n) is 10.8. The highest BCUT2D eigenvalue weighted by Gasteiger charge is 2.15. The zero-order valence-corrected chi connectivity index (χ0v) is 20.3. The summed E-state index contributed by atoms with van der Waals surface area (Å²) >= 11 is 7.54. The van der Waals surface area contributed by atoms with Crippen molar-refractivity contribution in [2.24, 2.45) is 0 Å². The predicted molar refractivity (Wildman–Crippen MR) is 141 cm³/mol. The molecule has 6 nitrogen and oxygen atoms in total. The van der Waals surface area contributed by atoms with Crippen LogP contribution in [0.1, 0.15) is 0 Å². The minimum atomic E-state index is -0.363. The van der Waals surface area contributed by atoms with E-state index >= 15 is 0 Å². The van der Waals surface area contributed by atoms with E-state index in [9.17, 15) is 9.59 Å². The molecule has 8 heteroatoms. The lowest BCUT2D eigenvalue weighted by molar-refractivity contribution is -0.116. The summed E-state index contributed by atoms with van der Waals surface area (Å²) in [6, 6.07) is 23.1. The second-order valence-electron chi connectivity index (χ2n) is 7.85. The molecule has 0 radical (unpaired) electrons. The number of fused-ring (bicyclic) bond motifs is 1. The van der Waals surface area contributed by atoms with Gasteiger partial charge in [-0.25, -0.2) is 4.98 Å². The van der Waals surface area contributed by atoms with Crippen molar-refractivity contribution in [3.05, 3.63) is 99.9 Å². The van der Waals surface area contributed by atoms with Crippen LogP contribution in [0.15, 0.2) is 89.3 Å². The molecule has 0 unspecified atom stereocenters. The summed E-state index contributed by atoms with van der Waals surface area (Å²) in [7, 11) is 1.52. The van der Waals surface area contributed by atoms with Crippen LogP contribution in [0.2, 0.25) is 5.02 Å². The van der Waals surface area contributed by atoms with Gasteiger partial charge in [-0.05, 0) is 34.9 Å². The molecule has 0 aliphatic heterocycles. The number of carbonyl (C=O) groups excluding carboxylic acids is 1. The summed E-state index contributed by atoms with van der Waals surface area (Å²) in [5, 5.41) is 5.57. The Kier molecular flexibility index (Phi) is 6.35. The van der Waals surface area contributed by atoms with Crippen LogP contribution in [0.3, 0.4) is 0 Å². The van der Waals surface area contributed by atoms with E-state index in [1.165, 1.54) is 29.3 Å². The Morgan fingerprint density at radius 3 is 2.46 bits per heavy atom. The van der Waals surface area contributed by atoms with E-state index in [4.69, 9.17) is 16.3 Å². The molecular formula is C27H20ClN3O3S. The van der Waals surface area contributed by atoms with Crippen molar-refractivity contribution in [1.29, 1.82) is 0 Å². The minimum absolute atomic E-state index is 0.173. The lowest BCUT2D eigenvalue weighted by Crippen LogP contribution is -2.27. The predicted octanol–water partition coefficient (Wildman–Crippen LogP) is 6.09. The molecule has 5 aromatic rings. The first-order valence-corrected chi connectivity index (χ1v) is 12.0. The van der Waals surface area contributed by atoms with Crippen molar-refractivity contribution in [2.75, 3.05) is 12.4 Å². The lowest BCUT2D eigenvalue weighted by atomic mass is 10.0. The number of hydrogen-bond donors (Lipinski definition) is 1. The third-order valence-corrected chi connectivity index (χ3v) is 6.79. The van der Waals surface area contributed by atoms with Crippen LogP contribution in [-0.2, 0) is 11.3 Å². The highest BCUT2D eigenvalue weighted by molar-refractivity contribution is 7.17. The number of benzene rings is 3. The van der Waals surface area contributed by atoms with E-state index in [1.807, 2.05) is 47.8 Å². The number of carbonyl (C=O) groups is 1. The van der Waals surface area contributed by atoms with Crippen LogP contribution in [0.5, 0.6) is 5.75 Å². The number of nitrogens with zero attached hydrogens (tertiary/aromatic N) is 2. The molecule has 0 aliphatic rings. The molecule has 0 spiro atoms. The van der Waals surface area contributed by atoms with Crippen molar-refractivity contribution in [1.82, 2.24) is 9.55 Å². The molecule has 0 saturated carbocycles. The Bertz CT molecular complexity index is 1580. The van der Waals surface area contributed by atoms with Gasteiger partial charge < -0.3 is 10.1 Å². The standard InChI is InChI=1S/C27H20ClN3O3S/c1-34-23-12-11-20(13-22(23)28)30-24(32)14-31-16-29-26-25(27(31)33)21(15-35-26)19-9-7-18(8-10-19)17-5-3-2-4-6-17/h2-13,15-16H,14H2,1H3,(H,30,32). The first kappa shape index (κ1) is 22.8. The van der Waals surface area contributed by atoms with Crippen LogP contribution in [0.4, 0.5) is 5.69 Å². The molecule has 0 atom stereocenters. The first-order chi connectivity index (χ1) is 17.0. The molecule has 0 fully saturated rings.